The van der Waals surface area contributed by atoms with Crippen LogP contribution in [0.5, 0.6) is 23.0 Å². The second-order valence-corrected chi connectivity index (χ2v) is 10.3. The Balaban J connectivity index is 1.54. The van der Waals surface area contributed by atoms with Crippen LogP contribution in [-0.4, -0.2) is 41.6 Å². The first-order valence-corrected chi connectivity index (χ1v) is 13.3. The first kappa shape index (κ1) is 26.7. The van der Waals surface area contributed by atoms with Gasteiger partial charge in [-0.3, -0.25) is 4.79 Å². The summed E-state index contributed by atoms with van der Waals surface area (Å²) in [6, 6.07) is 28.9. The van der Waals surface area contributed by atoms with Crippen molar-refractivity contribution in [3.8, 4) is 23.0 Å². The minimum atomic E-state index is -2.20. The van der Waals surface area contributed by atoms with E-state index in [0.29, 0.717) is 29.2 Å². The molecule has 0 bridgehead atoms. The van der Waals surface area contributed by atoms with Gasteiger partial charge >= 0.3 is 5.97 Å². The molecule has 210 valence electrons. The number of methoxy groups -OCH3 is 2. The lowest BCUT2D eigenvalue weighted by molar-refractivity contribution is -0.159. The van der Waals surface area contributed by atoms with Crippen molar-refractivity contribution in [2.24, 2.45) is 5.92 Å². The predicted molar refractivity (Wildman–Crippen MR) is 149 cm³/mol. The summed E-state index contributed by atoms with van der Waals surface area (Å²) < 4.78 is 23.8. The van der Waals surface area contributed by atoms with E-state index in [1.54, 1.807) is 60.7 Å². The minimum Gasteiger partial charge on any atom is -0.496 e. The largest absolute Gasteiger partial charge is 0.496 e. The Hall–Kier alpha value is -4.53. The predicted octanol–water partition coefficient (Wildman–Crippen LogP) is 4.62. The molecule has 8 heteroatoms. The maximum absolute atomic E-state index is 12.8. The molecule has 0 radical (unpaired) electrons. The molecular formula is C33H30O8. The summed E-state index contributed by atoms with van der Waals surface area (Å²) in [6.45, 7) is 0.362. The number of rotatable bonds is 8. The first-order chi connectivity index (χ1) is 19.8. The molecule has 0 saturated heterocycles. The van der Waals surface area contributed by atoms with Crippen molar-refractivity contribution in [2.45, 2.75) is 29.8 Å². The maximum Gasteiger partial charge on any atom is 0.310 e. The highest BCUT2D eigenvalue weighted by Gasteiger charge is 2.78. The average molecular weight is 555 g/mol. The Morgan fingerprint density at radius 3 is 2.15 bits per heavy atom. The molecule has 1 aliphatic heterocycles. The van der Waals surface area contributed by atoms with E-state index in [-0.39, 0.29) is 17.1 Å². The third-order valence-electron chi connectivity index (χ3n) is 8.25. The molecule has 8 nitrogen and oxygen atoms in total. The highest BCUT2D eigenvalue weighted by molar-refractivity contribution is 5.77. The summed E-state index contributed by atoms with van der Waals surface area (Å²) in [5.74, 6) is -2.20. The van der Waals surface area contributed by atoms with Crippen LogP contribution in [0.15, 0.2) is 97.1 Å². The lowest BCUT2D eigenvalue weighted by Crippen LogP contribution is -2.52. The fraction of sp³-hybridized carbons (Fsp3) is 0.242. The normalized spacial score (nSPS) is 26.0. The SMILES string of the molecule is COc1cc(OC)c2c(c1)OC1(c3ccc(OCc4ccccc4)cc3)[C@H](c3ccccc3)[C@@H](C(=O)O)[C@@H](O)[C@@]21O. The monoisotopic (exact) mass is 554 g/mol. The lowest BCUT2D eigenvalue weighted by Gasteiger charge is -2.40. The van der Waals surface area contributed by atoms with E-state index in [1.807, 2.05) is 36.4 Å². The van der Waals surface area contributed by atoms with E-state index in [0.717, 1.165) is 5.56 Å². The van der Waals surface area contributed by atoms with Crippen LogP contribution in [-0.2, 0) is 22.6 Å². The van der Waals surface area contributed by atoms with Crippen LogP contribution in [0.4, 0.5) is 0 Å². The van der Waals surface area contributed by atoms with Crippen molar-refractivity contribution in [3.05, 3.63) is 119 Å². The van der Waals surface area contributed by atoms with Crippen LogP contribution < -0.4 is 18.9 Å². The van der Waals surface area contributed by atoms with Gasteiger partial charge in [-0.2, -0.15) is 0 Å². The van der Waals surface area contributed by atoms with Gasteiger partial charge in [0.15, 0.2) is 11.2 Å². The standard InChI is InChI=1S/C33H30O8/c1-38-24-17-25(39-2)29-26(18-24)41-33(22-13-15-23(16-14-22)40-19-20-9-5-3-6-10-20)28(21-11-7-4-8-12-21)27(31(35)36)30(34)32(29,33)37/h3-18,27-28,30,34,37H,19H2,1-2H3,(H,35,36)/t27-,28-,30-,32+,33?/m1/s1. The number of carboxylic acid groups (broad SMARTS) is 1. The summed E-state index contributed by atoms with van der Waals surface area (Å²) in [4.78, 5) is 12.8. The van der Waals surface area contributed by atoms with Crippen LogP contribution in [0.25, 0.3) is 0 Å². The van der Waals surface area contributed by atoms with Crippen LogP contribution >= 0.6 is 0 Å². The number of carbonyl (C=O) groups is 1. The highest BCUT2D eigenvalue weighted by atomic mass is 16.5. The zero-order chi connectivity index (χ0) is 28.8. The zero-order valence-electron chi connectivity index (χ0n) is 22.6. The van der Waals surface area contributed by atoms with Crippen LogP contribution in [0.1, 0.15) is 28.2 Å². The van der Waals surface area contributed by atoms with Crippen molar-refractivity contribution in [1.82, 2.24) is 0 Å². The second kappa shape index (κ2) is 10.1. The lowest BCUT2D eigenvalue weighted by atomic mass is 9.70. The van der Waals surface area contributed by atoms with E-state index in [1.165, 1.54) is 14.2 Å². The second-order valence-electron chi connectivity index (χ2n) is 10.3. The van der Waals surface area contributed by atoms with Crippen LogP contribution in [0.2, 0.25) is 0 Å². The number of aliphatic hydroxyl groups is 2. The van der Waals surface area contributed by atoms with Crippen molar-refractivity contribution in [1.29, 1.82) is 0 Å². The minimum absolute atomic E-state index is 0.169. The molecule has 1 saturated carbocycles. The molecule has 0 aromatic heterocycles. The van der Waals surface area contributed by atoms with Gasteiger partial charge in [-0.05, 0) is 28.8 Å². The molecular weight excluding hydrogens is 524 g/mol. The van der Waals surface area contributed by atoms with Gasteiger partial charge in [0, 0.05) is 18.1 Å². The molecule has 1 unspecified atom stereocenters. The van der Waals surface area contributed by atoms with Crippen LogP contribution in [0.3, 0.4) is 0 Å². The van der Waals surface area contributed by atoms with Gasteiger partial charge in [-0.1, -0.05) is 72.8 Å². The van der Waals surface area contributed by atoms with Crippen LogP contribution in [0, 0.1) is 5.92 Å². The van der Waals surface area contributed by atoms with E-state index in [2.05, 4.69) is 0 Å². The number of hydrogen-bond acceptors (Lipinski definition) is 7. The summed E-state index contributed by atoms with van der Waals surface area (Å²) >= 11 is 0. The topological polar surface area (TPSA) is 115 Å². The number of aliphatic carboxylic acids is 1. The number of ether oxygens (including phenoxy) is 4. The Kier molecular flexibility index (Phi) is 6.60. The van der Waals surface area contributed by atoms with Gasteiger partial charge in [0.25, 0.3) is 0 Å². The van der Waals surface area contributed by atoms with E-state index < -0.39 is 35.1 Å². The van der Waals surface area contributed by atoms with Gasteiger partial charge in [-0.15, -0.1) is 0 Å². The Morgan fingerprint density at radius 1 is 0.878 bits per heavy atom. The Labute approximate surface area is 237 Å². The molecule has 2 aliphatic rings. The van der Waals surface area contributed by atoms with Crippen molar-refractivity contribution >= 4 is 5.97 Å². The van der Waals surface area contributed by atoms with E-state index in [9.17, 15) is 20.1 Å². The smallest absolute Gasteiger partial charge is 0.310 e. The molecule has 6 rings (SSSR count). The van der Waals surface area contributed by atoms with Gasteiger partial charge in [0.05, 0.1) is 25.7 Å². The Morgan fingerprint density at radius 2 is 1.54 bits per heavy atom. The summed E-state index contributed by atoms with van der Waals surface area (Å²) in [6.07, 6.45) is -1.75. The van der Waals surface area contributed by atoms with Gasteiger partial charge in [-0.25, -0.2) is 0 Å². The number of fused-ring (bicyclic) bond motifs is 3. The fourth-order valence-electron chi connectivity index (χ4n) is 6.48. The van der Waals surface area contributed by atoms with Gasteiger partial charge < -0.3 is 34.3 Å². The molecule has 3 N–H and O–H groups in total. The fourth-order valence-corrected chi connectivity index (χ4v) is 6.48. The first-order valence-electron chi connectivity index (χ1n) is 13.3. The molecule has 1 aliphatic carbocycles. The van der Waals surface area contributed by atoms with Gasteiger partial charge in [0.2, 0.25) is 0 Å². The molecule has 1 heterocycles. The third kappa shape index (κ3) is 3.94. The summed E-state index contributed by atoms with van der Waals surface area (Å²) in [5.41, 5.74) is -1.69. The number of benzene rings is 4. The molecule has 4 aromatic rings. The number of hydrogen-bond donors (Lipinski definition) is 3. The van der Waals surface area contributed by atoms with E-state index in [4.69, 9.17) is 18.9 Å². The average Bonchev–Trinajstić information content (AvgIpc) is 3.39. The summed E-state index contributed by atoms with van der Waals surface area (Å²) in [7, 11) is 2.93. The molecule has 5 atom stereocenters. The number of aliphatic hydroxyl groups excluding tert-OH is 1. The zero-order valence-corrected chi connectivity index (χ0v) is 22.6. The summed E-state index contributed by atoms with van der Waals surface area (Å²) in [5, 5.41) is 34.9. The molecule has 0 amide bonds. The quantitative estimate of drug-likeness (QED) is 0.289. The third-order valence-corrected chi connectivity index (χ3v) is 8.25. The van der Waals surface area contributed by atoms with Gasteiger partial charge in [0.1, 0.15) is 35.7 Å². The van der Waals surface area contributed by atoms with Crippen molar-refractivity contribution in [3.63, 3.8) is 0 Å². The molecule has 1 fully saturated rings. The molecule has 41 heavy (non-hydrogen) atoms. The van der Waals surface area contributed by atoms with Crippen molar-refractivity contribution < 1.29 is 39.1 Å². The maximum atomic E-state index is 12.8. The molecule has 0 spiro atoms. The number of carboxylic acids is 1. The Bertz CT molecular complexity index is 1560. The van der Waals surface area contributed by atoms with E-state index >= 15 is 0 Å². The molecule has 4 aromatic carbocycles. The highest BCUT2D eigenvalue weighted by Crippen LogP contribution is 2.70. The van der Waals surface area contributed by atoms with Crippen molar-refractivity contribution in [2.75, 3.05) is 14.2 Å².